The molecule has 0 radical (unpaired) electrons. The van der Waals surface area contributed by atoms with Crippen molar-refractivity contribution in [2.45, 2.75) is 44.7 Å². The highest BCUT2D eigenvalue weighted by molar-refractivity contribution is 7.89. The molecule has 120 valence electrons. The third-order valence-corrected chi connectivity index (χ3v) is 4.63. The molecule has 0 heterocycles. The van der Waals surface area contributed by atoms with E-state index in [0.29, 0.717) is 24.1 Å². The Morgan fingerprint density at radius 3 is 2.52 bits per heavy atom. The SMILES string of the molecule is CCc1ccc(S(=O)(=O)NCCOC)cc1CNC(C)C. The molecule has 2 N–H and O–H groups in total. The first kappa shape index (κ1) is 18.1. The van der Waals surface area contributed by atoms with Gasteiger partial charge in [-0.05, 0) is 29.7 Å². The Balaban J connectivity index is 2.95. The van der Waals surface area contributed by atoms with Crippen LogP contribution in [0.1, 0.15) is 31.9 Å². The van der Waals surface area contributed by atoms with E-state index in [4.69, 9.17) is 4.74 Å². The number of aryl methyl sites for hydroxylation is 1. The van der Waals surface area contributed by atoms with Crippen molar-refractivity contribution in [3.05, 3.63) is 29.3 Å². The van der Waals surface area contributed by atoms with Gasteiger partial charge in [-0.1, -0.05) is 26.8 Å². The van der Waals surface area contributed by atoms with Crippen molar-refractivity contribution in [2.75, 3.05) is 20.3 Å². The van der Waals surface area contributed by atoms with Crippen molar-refractivity contribution in [1.29, 1.82) is 0 Å². The summed E-state index contributed by atoms with van der Waals surface area (Å²) >= 11 is 0. The zero-order chi connectivity index (χ0) is 15.9. The number of ether oxygens (including phenoxy) is 1. The molecule has 0 aliphatic rings. The maximum absolute atomic E-state index is 12.2. The van der Waals surface area contributed by atoms with E-state index in [1.807, 2.05) is 6.07 Å². The van der Waals surface area contributed by atoms with Gasteiger partial charge in [-0.3, -0.25) is 0 Å². The summed E-state index contributed by atoms with van der Waals surface area (Å²) in [6.45, 7) is 7.50. The largest absolute Gasteiger partial charge is 0.383 e. The summed E-state index contributed by atoms with van der Waals surface area (Å²) in [6, 6.07) is 5.66. The summed E-state index contributed by atoms with van der Waals surface area (Å²) < 4.78 is 31.8. The van der Waals surface area contributed by atoms with Crippen LogP contribution in [0.5, 0.6) is 0 Å². The second-order valence-electron chi connectivity index (χ2n) is 5.21. The predicted octanol–water partition coefficient (Wildman–Crippen LogP) is 1.67. The van der Waals surface area contributed by atoms with E-state index in [1.54, 1.807) is 19.2 Å². The fraction of sp³-hybridized carbons (Fsp3) is 0.600. The Hall–Kier alpha value is -0.950. The van der Waals surface area contributed by atoms with Crippen LogP contribution in [0.25, 0.3) is 0 Å². The molecule has 5 nitrogen and oxygen atoms in total. The molecule has 1 aromatic rings. The monoisotopic (exact) mass is 314 g/mol. The van der Waals surface area contributed by atoms with E-state index in [-0.39, 0.29) is 6.54 Å². The van der Waals surface area contributed by atoms with E-state index < -0.39 is 10.0 Å². The standard InChI is InChI=1S/C15H26N2O3S/c1-5-13-6-7-15(10-14(13)11-16-12(2)3)21(18,19)17-8-9-20-4/h6-7,10,12,16-17H,5,8-9,11H2,1-4H3. The second kappa shape index (κ2) is 8.48. The predicted molar refractivity (Wildman–Crippen MR) is 84.9 cm³/mol. The lowest BCUT2D eigenvalue weighted by Crippen LogP contribution is -2.27. The first-order valence-corrected chi connectivity index (χ1v) is 8.72. The van der Waals surface area contributed by atoms with Crippen molar-refractivity contribution < 1.29 is 13.2 Å². The zero-order valence-electron chi connectivity index (χ0n) is 13.3. The molecule has 0 saturated carbocycles. The van der Waals surface area contributed by atoms with Gasteiger partial charge in [-0.25, -0.2) is 13.1 Å². The Morgan fingerprint density at radius 1 is 1.24 bits per heavy atom. The smallest absolute Gasteiger partial charge is 0.240 e. The Bertz CT molecular complexity index is 542. The molecule has 0 unspecified atom stereocenters. The molecule has 1 rings (SSSR count). The lowest BCUT2D eigenvalue weighted by molar-refractivity contribution is 0.204. The lowest BCUT2D eigenvalue weighted by Gasteiger charge is -2.14. The number of rotatable bonds is 9. The van der Waals surface area contributed by atoms with Crippen molar-refractivity contribution in [2.24, 2.45) is 0 Å². The number of nitrogens with one attached hydrogen (secondary N) is 2. The number of hydrogen-bond donors (Lipinski definition) is 2. The molecule has 0 spiro atoms. The average Bonchev–Trinajstić information content (AvgIpc) is 2.44. The molecular weight excluding hydrogens is 288 g/mol. The van der Waals surface area contributed by atoms with Crippen molar-refractivity contribution >= 4 is 10.0 Å². The molecule has 6 heteroatoms. The minimum absolute atomic E-state index is 0.272. The molecule has 0 aliphatic heterocycles. The minimum Gasteiger partial charge on any atom is -0.383 e. The summed E-state index contributed by atoms with van der Waals surface area (Å²) in [4.78, 5) is 0.302. The molecule has 0 aromatic heterocycles. The number of sulfonamides is 1. The first-order valence-electron chi connectivity index (χ1n) is 7.24. The Labute approximate surface area is 128 Å². The van der Waals surface area contributed by atoms with Crippen molar-refractivity contribution in [3.8, 4) is 0 Å². The van der Waals surface area contributed by atoms with Gasteiger partial charge in [-0.2, -0.15) is 0 Å². The van der Waals surface area contributed by atoms with Crippen LogP contribution in [0, 0.1) is 0 Å². The zero-order valence-corrected chi connectivity index (χ0v) is 14.1. The van der Waals surface area contributed by atoms with Gasteiger partial charge in [-0.15, -0.1) is 0 Å². The fourth-order valence-corrected chi connectivity index (χ4v) is 3.02. The fourth-order valence-electron chi connectivity index (χ4n) is 1.95. The summed E-state index contributed by atoms with van der Waals surface area (Å²) in [5.41, 5.74) is 2.19. The van der Waals surface area contributed by atoms with Gasteiger partial charge in [0.2, 0.25) is 10.0 Å². The maximum atomic E-state index is 12.2. The van der Waals surface area contributed by atoms with Gasteiger partial charge in [0.05, 0.1) is 11.5 Å². The topological polar surface area (TPSA) is 67.4 Å². The maximum Gasteiger partial charge on any atom is 0.240 e. The highest BCUT2D eigenvalue weighted by Crippen LogP contribution is 2.17. The molecule has 0 atom stereocenters. The summed E-state index contributed by atoms with van der Waals surface area (Å²) in [5.74, 6) is 0. The number of benzene rings is 1. The molecule has 1 aromatic carbocycles. The van der Waals surface area contributed by atoms with Crippen LogP contribution in [0.4, 0.5) is 0 Å². The highest BCUT2D eigenvalue weighted by Gasteiger charge is 2.15. The van der Waals surface area contributed by atoms with Gasteiger partial charge >= 0.3 is 0 Å². The van der Waals surface area contributed by atoms with Crippen LogP contribution in [0.3, 0.4) is 0 Å². The minimum atomic E-state index is -3.48. The van der Waals surface area contributed by atoms with Crippen LogP contribution >= 0.6 is 0 Å². The van der Waals surface area contributed by atoms with Crippen molar-refractivity contribution in [1.82, 2.24) is 10.0 Å². The van der Waals surface area contributed by atoms with E-state index in [9.17, 15) is 8.42 Å². The van der Waals surface area contributed by atoms with Gasteiger partial charge in [0.25, 0.3) is 0 Å². The molecule has 0 fully saturated rings. The van der Waals surface area contributed by atoms with Gasteiger partial charge in [0, 0.05) is 26.2 Å². The quantitative estimate of drug-likeness (QED) is 0.681. The molecule has 21 heavy (non-hydrogen) atoms. The van der Waals surface area contributed by atoms with Crippen LogP contribution < -0.4 is 10.0 Å². The normalized spacial score (nSPS) is 12.0. The van der Waals surface area contributed by atoms with E-state index in [0.717, 1.165) is 12.0 Å². The van der Waals surface area contributed by atoms with Crippen LogP contribution in [0.15, 0.2) is 23.1 Å². The Morgan fingerprint density at radius 2 is 1.95 bits per heavy atom. The molecule has 0 saturated heterocycles. The van der Waals surface area contributed by atoms with Gasteiger partial charge in [0.15, 0.2) is 0 Å². The summed E-state index contributed by atoms with van der Waals surface area (Å²) in [7, 11) is -1.93. The third-order valence-electron chi connectivity index (χ3n) is 3.17. The first-order chi connectivity index (χ1) is 9.90. The van der Waals surface area contributed by atoms with Gasteiger partial charge in [0.1, 0.15) is 0 Å². The molecule has 0 amide bonds. The van der Waals surface area contributed by atoms with E-state index in [1.165, 1.54) is 5.56 Å². The summed E-state index contributed by atoms with van der Waals surface area (Å²) in [6.07, 6.45) is 0.881. The Kier molecular flexibility index (Phi) is 7.31. The molecule has 0 aliphatic carbocycles. The molecular formula is C15H26N2O3S. The van der Waals surface area contributed by atoms with Crippen LogP contribution in [-0.4, -0.2) is 34.7 Å². The van der Waals surface area contributed by atoms with Gasteiger partial charge < -0.3 is 10.1 Å². The van der Waals surface area contributed by atoms with Crippen molar-refractivity contribution in [3.63, 3.8) is 0 Å². The van der Waals surface area contributed by atoms with E-state index in [2.05, 4.69) is 30.8 Å². The number of methoxy groups -OCH3 is 1. The van der Waals surface area contributed by atoms with Crippen LogP contribution in [-0.2, 0) is 27.7 Å². The third kappa shape index (κ3) is 5.74. The lowest BCUT2D eigenvalue weighted by atomic mass is 10.1. The average molecular weight is 314 g/mol. The highest BCUT2D eigenvalue weighted by atomic mass is 32.2. The molecule has 0 bridgehead atoms. The van der Waals surface area contributed by atoms with Crippen LogP contribution in [0.2, 0.25) is 0 Å². The summed E-state index contributed by atoms with van der Waals surface area (Å²) in [5, 5.41) is 3.33. The second-order valence-corrected chi connectivity index (χ2v) is 6.98. The number of hydrogen-bond acceptors (Lipinski definition) is 4. The van der Waals surface area contributed by atoms with E-state index >= 15 is 0 Å².